The zero-order valence-electron chi connectivity index (χ0n) is 17.7. The van der Waals surface area contributed by atoms with Crippen LogP contribution in [0.5, 0.6) is 5.75 Å². The Bertz CT molecular complexity index is 924. The number of piperidine rings is 1. The Kier molecular flexibility index (Phi) is 6.15. The number of ether oxygens (including phenoxy) is 1. The van der Waals surface area contributed by atoms with E-state index in [1.807, 2.05) is 27.7 Å². The Morgan fingerprint density at radius 2 is 2.00 bits per heavy atom. The van der Waals surface area contributed by atoms with E-state index >= 15 is 0 Å². The first-order chi connectivity index (χ1) is 13.6. The van der Waals surface area contributed by atoms with E-state index in [0.29, 0.717) is 29.9 Å². The van der Waals surface area contributed by atoms with E-state index in [9.17, 15) is 14.7 Å². The molecule has 0 aliphatic carbocycles. The third kappa shape index (κ3) is 5.28. The average molecular weight is 402 g/mol. The van der Waals surface area contributed by atoms with Gasteiger partial charge >= 0.3 is 6.09 Å². The van der Waals surface area contributed by atoms with Crippen molar-refractivity contribution in [2.45, 2.75) is 65.0 Å². The van der Waals surface area contributed by atoms with Crippen LogP contribution in [0.4, 0.5) is 4.79 Å². The van der Waals surface area contributed by atoms with Gasteiger partial charge in [-0.15, -0.1) is 0 Å². The van der Waals surface area contributed by atoms with Gasteiger partial charge in [0, 0.05) is 19.1 Å². The van der Waals surface area contributed by atoms with Crippen molar-refractivity contribution in [3.8, 4) is 5.75 Å². The highest BCUT2D eigenvalue weighted by Gasteiger charge is 2.27. The molecule has 0 radical (unpaired) electrons. The Balaban J connectivity index is 1.55. The fourth-order valence-corrected chi connectivity index (χ4v) is 3.78. The number of aromatic hydroxyl groups is 1. The molecule has 1 unspecified atom stereocenters. The molecule has 1 N–H and O–H groups in total. The molecule has 1 amide bonds. The van der Waals surface area contributed by atoms with E-state index in [0.717, 1.165) is 25.7 Å². The number of aromatic nitrogens is 2. The van der Waals surface area contributed by atoms with Gasteiger partial charge in [-0.1, -0.05) is 0 Å². The lowest BCUT2D eigenvalue weighted by molar-refractivity contribution is 0.0179. The molecule has 1 aliphatic heterocycles. The largest absolute Gasteiger partial charge is 0.508 e. The zero-order chi connectivity index (χ0) is 21.2. The summed E-state index contributed by atoms with van der Waals surface area (Å²) in [6.45, 7) is 9.08. The maximum Gasteiger partial charge on any atom is 0.410 e. The zero-order valence-corrected chi connectivity index (χ0v) is 17.7. The van der Waals surface area contributed by atoms with Crippen molar-refractivity contribution >= 4 is 17.0 Å². The highest BCUT2D eigenvalue weighted by molar-refractivity contribution is 5.78. The Hall–Kier alpha value is -2.57. The summed E-state index contributed by atoms with van der Waals surface area (Å²) in [6, 6.07) is 4.68. The highest BCUT2D eigenvalue weighted by Crippen LogP contribution is 2.26. The van der Waals surface area contributed by atoms with Crippen LogP contribution in [-0.4, -0.2) is 44.3 Å². The van der Waals surface area contributed by atoms with Crippen LogP contribution in [0.3, 0.4) is 0 Å². The van der Waals surface area contributed by atoms with Gasteiger partial charge in [-0.05, 0) is 77.5 Å². The van der Waals surface area contributed by atoms with Gasteiger partial charge in [0.05, 0.1) is 17.2 Å². The SMILES string of the molecule is CC(CCC1CCN(C(=O)OC(C)(C)C)CC1)n1cnc2ccc(O)cc2c1=O. The summed E-state index contributed by atoms with van der Waals surface area (Å²) in [5.41, 5.74) is -0.00897. The normalized spacial score (nSPS) is 16.8. The summed E-state index contributed by atoms with van der Waals surface area (Å²) in [5.74, 6) is 0.600. The van der Waals surface area contributed by atoms with Crippen LogP contribution in [0.1, 0.15) is 59.4 Å². The molecule has 1 aromatic carbocycles. The number of benzene rings is 1. The second-order valence-corrected chi connectivity index (χ2v) is 9.00. The summed E-state index contributed by atoms with van der Waals surface area (Å²) in [7, 11) is 0. The topological polar surface area (TPSA) is 84.7 Å². The molecule has 0 saturated carbocycles. The number of rotatable bonds is 4. The standard InChI is InChI=1S/C22H31N3O4/c1-15(25-14-23-19-8-7-17(26)13-18(19)20(25)27)5-6-16-9-11-24(12-10-16)21(28)29-22(2,3)4/h7-8,13-16,26H,5-6,9-12H2,1-4H3. The van der Waals surface area contributed by atoms with Crippen molar-refractivity contribution in [2.75, 3.05) is 13.1 Å². The lowest BCUT2D eigenvalue weighted by Crippen LogP contribution is -2.41. The third-order valence-corrected chi connectivity index (χ3v) is 5.50. The molecule has 7 nitrogen and oxygen atoms in total. The first kappa shape index (κ1) is 21.1. The van der Waals surface area contributed by atoms with Crippen molar-refractivity contribution in [1.82, 2.24) is 14.5 Å². The minimum absolute atomic E-state index is 0.0191. The molecule has 3 rings (SSSR count). The van der Waals surface area contributed by atoms with Crippen molar-refractivity contribution < 1.29 is 14.6 Å². The van der Waals surface area contributed by atoms with Crippen LogP contribution in [0.2, 0.25) is 0 Å². The predicted molar refractivity (Wildman–Crippen MR) is 112 cm³/mol. The number of nitrogens with zero attached hydrogens (tertiary/aromatic N) is 3. The third-order valence-electron chi connectivity index (χ3n) is 5.50. The number of phenols is 1. The van der Waals surface area contributed by atoms with Gasteiger partial charge in [0.1, 0.15) is 11.4 Å². The molecular weight excluding hydrogens is 370 g/mol. The number of fused-ring (bicyclic) bond motifs is 1. The molecule has 7 heteroatoms. The van der Waals surface area contributed by atoms with Gasteiger partial charge in [-0.2, -0.15) is 0 Å². The van der Waals surface area contributed by atoms with Gasteiger partial charge in [0.15, 0.2) is 0 Å². The van der Waals surface area contributed by atoms with E-state index in [-0.39, 0.29) is 23.4 Å². The second kappa shape index (κ2) is 8.43. The average Bonchev–Trinajstić information content (AvgIpc) is 2.66. The number of amides is 1. The van der Waals surface area contributed by atoms with Gasteiger partial charge in [0.25, 0.3) is 5.56 Å². The molecular formula is C22H31N3O4. The number of hydrogen-bond acceptors (Lipinski definition) is 5. The van der Waals surface area contributed by atoms with E-state index in [1.165, 1.54) is 12.1 Å². The van der Waals surface area contributed by atoms with Crippen LogP contribution >= 0.6 is 0 Å². The van der Waals surface area contributed by atoms with Gasteiger partial charge < -0.3 is 14.7 Å². The number of carbonyl (C=O) groups excluding carboxylic acids is 1. The van der Waals surface area contributed by atoms with E-state index in [1.54, 1.807) is 21.9 Å². The Morgan fingerprint density at radius 1 is 1.31 bits per heavy atom. The van der Waals surface area contributed by atoms with Crippen LogP contribution in [0.25, 0.3) is 10.9 Å². The van der Waals surface area contributed by atoms with Crippen LogP contribution < -0.4 is 5.56 Å². The fourth-order valence-electron chi connectivity index (χ4n) is 3.78. The number of hydrogen-bond donors (Lipinski definition) is 1. The monoisotopic (exact) mass is 401 g/mol. The molecule has 2 heterocycles. The van der Waals surface area contributed by atoms with Crippen LogP contribution in [-0.2, 0) is 4.74 Å². The fraction of sp³-hybridized carbons (Fsp3) is 0.591. The minimum atomic E-state index is -0.471. The van der Waals surface area contributed by atoms with Crippen LogP contribution in [0, 0.1) is 5.92 Å². The summed E-state index contributed by atoms with van der Waals surface area (Å²) >= 11 is 0. The second-order valence-electron chi connectivity index (χ2n) is 9.00. The van der Waals surface area contributed by atoms with E-state index in [2.05, 4.69) is 4.98 Å². The van der Waals surface area contributed by atoms with Crippen molar-refractivity contribution in [3.63, 3.8) is 0 Å². The minimum Gasteiger partial charge on any atom is -0.508 e. The highest BCUT2D eigenvalue weighted by atomic mass is 16.6. The van der Waals surface area contributed by atoms with Gasteiger partial charge in [-0.3, -0.25) is 9.36 Å². The smallest absolute Gasteiger partial charge is 0.410 e. The number of carbonyl (C=O) groups is 1. The van der Waals surface area contributed by atoms with E-state index < -0.39 is 5.60 Å². The maximum absolute atomic E-state index is 12.8. The molecule has 1 saturated heterocycles. The Morgan fingerprint density at radius 3 is 2.66 bits per heavy atom. The molecule has 0 spiro atoms. The van der Waals surface area contributed by atoms with Crippen molar-refractivity contribution in [1.29, 1.82) is 0 Å². The summed E-state index contributed by atoms with van der Waals surface area (Å²) in [4.78, 5) is 31.1. The van der Waals surface area contributed by atoms with Crippen LogP contribution in [0.15, 0.2) is 29.3 Å². The molecule has 29 heavy (non-hydrogen) atoms. The maximum atomic E-state index is 12.8. The molecule has 0 bridgehead atoms. The summed E-state index contributed by atoms with van der Waals surface area (Å²) in [6.07, 6.45) is 5.12. The van der Waals surface area contributed by atoms with Crippen molar-refractivity contribution in [2.24, 2.45) is 5.92 Å². The summed E-state index contributed by atoms with van der Waals surface area (Å²) in [5, 5.41) is 10.1. The molecule has 1 atom stereocenters. The predicted octanol–water partition coefficient (Wildman–Crippen LogP) is 4.09. The molecule has 1 aromatic heterocycles. The first-order valence-electron chi connectivity index (χ1n) is 10.3. The van der Waals surface area contributed by atoms with Gasteiger partial charge in [0.2, 0.25) is 0 Å². The molecule has 1 aliphatic rings. The first-order valence-corrected chi connectivity index (χ1v) is 10.3. The van der Waals surface area contributed by atoms with Crippen molar-refractivity contribution in [3.05, 3.63) is 34.9 Å². The lowest BCUT2D eigenvalue weighted by atomic mass is 9.91. The number of likely N-dealkylation sites (tertiary alicyclic amines) is 1. The molecule has 158 valence electrons. The quantitative estimate of drug-likeness (QED) is 0.834. The molecule has 2 aromatic rings. The summed E-state index contributed by atoms with van der Waals surface area (Å²) < 4.78 is 7.10. The van der Waals surface area contributed by atoms with E-state index in [4.69, 9.17) is 4.74 Å². The lowest BCUT2D eigenvalue weighted by Gasteiger charge is -2.33. The Labute approximate surface area is 171 Å². The van der Waals surface area contributed by atoms with Gasteiger partial charge in [-0.25, -0.2) is 9.78 Å². The number of phenolic OH excluding ortho intramolecular Hbond substituents is 1. The molecule has 1 fully saturated rings.